The van der Waals surface area contributed by atoms with Crippen LogP contribution in [0.25, 0.3) is 0 Å². The summed E-state index contributed by atoms with van der Waals surface area (Å²) in [4.78, 5) is 0. The summed E-state index contributed by atoms with van der Waals surface area (Å²) in [5, 5.41) is 0. The van der Waals surface area contributed by atoms with E-state index in [9.17, 15) is 0 Å². The summed E-state index contributed by atoms with van der Waals surface area (Å²) in [6, 6.07) is 0. The molecule has 0 fully saturated rings. The van der Waals surface area contributed by atoms with Gasteiger partial charge in [-0.2, -0.15) is 0 Å². The van der Waals surface area contributed by atoms with Crippen LogP contribution in [0.15, 0.2) is 0 Å². The average Bonchev–Trinajstić information content (AvgIpc) is 1.96. The molecule has 0 bridgehead atoms. The molecular formula is C21H57ScSi6. The van der Waals surface area contributed by atoms with Gasteiger partial charge >= 0.3 is 25.8 Å². The first-order valence-electron chi connectivity index (χ1n) is 10.7. The summed E-state index contributed by atoms with van der Waals surface area (Å²) in [6.45, 7) is 43.3. The molecule has 0 aromatic heterocycles. The van der Waals surface area contributed by atoms with Gasteiger partial charge < -0.3 is 17.0 Å². The van der Waals surface area contributed by atoms with Crippen molar-refractivity contribution in [1.82, 2.24) is 0 Å². The zero-order chi connectivity index (χ0) is 23.1. The minimum absolute atomic E-state index is 0. The summed E-state index contributed by atoms with van der Waals surface area (Å²) in [7, 11) is -5.14. The Bertz CT molecular complexity index is 284. The molecule has 0 N–H and O–H groups in total. The van der Waals surface area contributed by atoms with Gasteiger partial charge in [0.05, 0.1) is 0 Å². The molecular weight excluding hydrogens is 466 g/mol. The fraction of sp³-hybridized carbons (Fsp3) is 0.857. The van der Waals surface area contributed by atoms with Crippen molar-refractivity contribution in [1.29, 1.82) is 0 Å². The van der Waals surface area contributed by atoms with E-state index in [1.807, 2.05) is 0 Å². The standard InChI is InChI=1S/3C7H19Si2.Sc/c3*1-8(2,3)7-9(4,5)6;/h3*7H,1-6H3;/q3*-1;+3. The van der Waals surface area contributed by atoms with Gasteiger partial charge in [0.15, 0.2) is 0 Å². The van der Waals surface area contributed by atoms with Crippen LogP contribution in [0.4, 0.5) is 0 Å². The average molecular weight is 523 g/mol. The molecule has 0 rings (SSSR count). The fourth-order valence-electron chi connectivity index (χ4n) is 3.90. The third-order valence-corrected chi connectivity index (χ3v) is 23.4. The molecule has 0 amide bonds. The van der Waals surface area contributed by atoms with Gasteiger partial charge in [-0.1, -0.05) is 118 Å². The SMILES string of the molecule is C[Si](C)(C)[CH-][Si](C)(C)C.C[Si](C)(C)[CH-][Si](C)(C)C.C[Si](C)(C)[CH-][Si](C)(C)C.[Sc+3]. The minimum atomic E-state index is -0.856. The van der Waals surface area contributed by atoms with E-state index in [1.54, 1.807) is 0 Å². The quantitative estimate of drug-likeness (QED) is 0.241. The van der Waals surface area contributed by atoms with Crippen LogP contribution in [0.3, 0.4) is 0 Å². The van der Waals surface area contributed by atoms with Crippen molar-refractivity contribution < 1.29 is 25.8 Å². The molecule has 0 aliphatic rings. The second kappa shape index (κ2) is 13.7. The third kappa shape index (κ3) is 51.1. The second-order valence-corrected chi connectivity index (χ2v) is 46.5. The van der Waals surface area contributed by atoms with Crippen molar-refractivity contribution in [3.63, 3.8) is 0 Å². The molecule has 168 valence electrons. The zero-order valence-corrected chi connectivity index (χ0v) is 31.1. The Kier molecular flexibility index (Phi) is 18.3. The van der Waals surface area contributed by atoms with Crippen LogP contribution in [0.2, 0.25) is 118 Å². The van der Waals surface area contributed by atoms with E-state index < -0.39 is 48.4 Å². The molecule has 0 spiro atoms. The Morgan fingerprint density at radius 1 is 0.250 bits per heavy atom. The number of hydrogen-bond acceptors (Lipinski definition) is 0. The molecule has 0 unspecified atom stereocenters. The Hall–Kier alpha value is 2.17. The van der Waals surface area contributed by atoms with Gasteiger partial charge in [-0.25, -0.2) is 0 Å². The second-order valence-electron chi connectivity index (χ2n) is 14.6. The topological polar surface area (TPSA) is 0 Å². The first kappa shape index (κ1) is 37.5. The normalized spacial score (nSPS) is 13.5. The minimum Gasteiger partial charge on any atom is -0.327 e. The predicted octanol–water partition coefficient (Wildman–Crippen LogP) is 8.83. The van der Waals surface area contributed by atoms with Crippen LogP contribution in [0.1, 0.15) is 0 Å². The van der Waals surface area contributed by atoms with Crippen molar-refractivity contribution in [2.75, 3.05) is 0 Å². The molecule has 0 radical (unpaired) electrons. The van der Waals surface area contributed by atoms with Crippen LogP contribution in [0.5, 0.6) is 0 Å². The predicted molar refractivity (Wildman–Crippen MR) is 153 cm³/mol. The first-order chi connectivity index (χ1) is 11.1. The van der Waals surface area contributed by atoms with Gasteiger partial charge in [0, 0.05) is 0 Å². The largest absolute Gasteiger partial charge is 3.00 e. The monoisotopic (exact) mass is 522 g/mol. The molecule has 0 atom stereocenters. The van der Waals surface area contributed by atoms with Gasteiger partial charge in [-0.05, 0) is 0 Å². The molecule has 0 saturated heterocycles. The molecule has 0 heterocycles. The maximum absolute atomic E-state index is 2.65. The summed E-state index contributed by atoms with van der Waals surface area (Å²) in [5.74, 6) is 0. The van der Waals surface area contributed by atoms with E-state index in [0.717, 1.165) is 0 Å². The van der Waals surface area contributed by atoms with Crippen molar-refractivity contribution >= 4 is 48.4 Å². The van der Waals surface area contributed by atoms with Crippen LogP contribution >= 0.6 is 0 Å². The Labute approximate surface area is 207 Å². The van der Waals surface area contributed by atoms with E-state index in [2.05, 4.69) is 135 Å². The van der Waals surface area contributed by atoms with Crippen LogP contribution in [0, 0.1) is 17.0 Å². The number of rotatable bonds is 6. The zero-order valence-electron chi connectivity index (χ0n) is 23.3. The molecule has 0 saturated carbocycles. The third-order valence-electron chi connectivity index (χ3n) is 2.60. The Morgan fingerprint density at radius 3 is 0.321 bits per heavy atom. The van der Waals surface area contributed by atoms with Gasteiger partial charge in [-0.15, -0.1) is 48.4 Å². The first-order valence-corrected chi connectivity index (χ1v) is 32.2. The molecule has 0 nitrogen and oxygen atoms in total. The molecule has 0 aliphatic carbocycles. The van der Waals surface area contributed by atoms with Gasteiger partial charge in [0.1, 0.15) is 0 Å². The van der Waals surface area contributed by atoms with Crippen LogP contribution < -0.4 is 0 Å². The van der Waals surface area contributed by atoms with Gasteiger partial charge in [-0.3, -0.25) is 0 Å². The summed E-state index contributed by atoms with van der Waals surface area (Å²) < 4.78 is 0. The van der Waals surface area contributed by atoms with E-state index in [0.29, 0.717) is 0 Å². The van der Waals surface area contributed by atoms with Gasteiger partial charge in [0.25, 0.3) is 0 Å². The van der Waals surface area contributed by atoms with E-state index in [-0.39, 0.29) is 25.8 Å². The van der Waals surface area contributed by atoms with E-state index in [4.69, 9.17) is 0 Å². The molecule has 28 heavy (non-hydrogen) atoms. The van der Waals surface area contributed by atoms with Crippen molar-refractivity contribution in [2.45, 2.75) is 118 Å². The van der Waals surface area contributed by atoms with E-state index in [1.165, 1.54) is 0 Å². The smallest absolute Gasteiger partial charge is 0.327 e. The Balaban J connectivity index is -0.000000152. The fourth-order valence-corrected chi connectivity index (χ4v) is 35.1. The van der Waals surface area contributed by atoms with Crippen molar-refractivity contribution in [3.05, 3.63) is 17.0 Å². The van der Waals surface area contributed by atoms with Crippen molar-refractivity contribution in [3.8, 4) is 0 Å². The van der Waals surface area contributed by atoms with Crippen molar-refractivity contribution in [2.24, 2.45) is 0 Å². The van der Waals surface area contributed by atoms with Gasteiger partial charge in [0.2, 0.25) is 0 Å². The Morgan fingerprint density at radius 2 is 0.321 bits per heavy atom. The van der Waals surface area contributed by atoms with Crippen LogP contribution in [-0.2, 0) is 25.8 Å². The number of hydrogen-bond donors (Lipinski definition) is 0. The maximum Gasteiger partial charge on any atom is 3.00 e. The summed E-state index contributed by atoms with van der Waals surface area (Å²) >= 11 is 0. The molecule has 0 aromatic rings. The summed E-state index contributed by atoms with van der Waals surface area (Å²) in [5.41, 5.74) is 7.96. The maximum atomic E-state index is 2.65. The van der Waals surface area contributed by atoms with Crippen LogP contribution in [-0.4, -0.2) is 48.4 Å². The molecule has 7 heteroatoms. The molecule has 0 aromatic carbocycles. The van der Waals surface area contributed by atoms with E-state index >= 15 is 0 Å². The molecule has 0 aliphatic heterocycles. The summed E-state index contributed by atoms with van der Waals surface area (Å²) in [6.07, 6.45) is 0.